The molecule has 1 heterocycles. The van der Waals surface area contributed by atoms with Crippen molar-refractivity contribution >= 4 is 34.8 Å². The molecule has 0 saturated heterocycles. The van der Waals surface area contributed by atoms with Crippen LogP contribution >= 0.6 is 23.2 Å². The molecule has 1 aromatic heterocycles. The Hall–Kier alpha value is -2.56. The van der Waals surface area contributed by atoms with E-state index in [-0.39, 0.29) is 11.1 Å². The van der Waals surface area contributed by atoms with Crippen molar-refractivity contribution in [2.24, 2.45) is 0 Å². The van der Waals surface area contributed by atoms with Crippen molar-refractivity contribution in [3.05, 3.63) is 97.4 Å². The summed E-state index contributed by atoms with van der Waals surface area (Å²) in [6, 6.07) is 14.0. The van der Waals surface area contributed by atoms with E-state index in [0.29, 0.717) is 22.3 Å². The van der Waals surface area contributed by atoms with Crippen molar-refractivity contribution < 1.29 is 4.79 Å². The lowest BCUT2D eigenvalue weighted by atomic mass is 10.1. The molecule has 2 aromatic carbocycles. The summed E-state index contributed by atoms with van der Waals surface area (Å²) in [4.78, 5) is 25.3. The predicted octanol–water partition coefficient (Wildman–Crippen LogP) is 5.07. The summed E-state index contributed by atoms with van der Waals surface area (Å²) in [6.45, 7) is 4.26. The van der Waals surface area contributed by atoms with Crippen LogP contribution in [0.2, 0.25) is 10.0 Å². The van der Waals surface area contributed by atoms with E-state index in [0.717, 1.165) is 16.7 Å². The normalized spacial score (nSPS) is 10.7. The number of rotatable bonds is 4. The third kappa shape index (κ3) is 4.41. The van der Waals surface area contributed by atoms with Crippen molar-refractivity contribution in [2.75, 3.05) is 5.32 Å². The van der Waals surface area contributed by atoms with E-state index < -0.39 is 5.91 Å². The monoisotopic (exact) mass is 400 g/mol. The number of amides is 1. The molecule has 4 nitrogen and oxygen atoms in total. The van der Waals surface area contributed by atoms with Gasteiger partial charge >= 0.3 is 0 Å². The second-order valence-electron chi connectivity index (χ2n) is 6.36. The molecule has 3 aromatic rings. The van der Waals surface area contributed by atoms with Crippen LogP contribution < -0.4 is 10.9 Å². The molecule has 1 N–H and O–H groups in total. The van der Waals surface area contributed by atoms with Crippen LogP contribution in [0.25, 0.3) is 0 Å². The average Bonchev–Trinajstić information content (AvgIpc) is 2.63. The Labute approximate surface area is 167 Å². The second-order valence-corrected chi connectivity index (χ2v) is 7.17. The first-order valence-electron chi connectivity index (χ1n) is 8.37. The van der Waals surface area contributed by atoms with Gasteiger partial charge in [0.25, 0.3) is 11.5 Å². The molecule has 3 rings (SSSR count). The van der Waals surface area contributed by atoms with Crippen molar-refractivity contribution in [3.63, 3.8) is 0 Å². The summed E-state index contributed by atoms with van der Waals surface area (Å²) in [5, 5.41) is 3.66. The SMILES string of the molecule is Cc1ccc(NC(=O)c2cccn(Cc3ccc(Cl)c(Cl)c3)c2=O)cc1C. The van der Waals surface area contributed by atoms with E-state index in [4.69, 9.17) is 23.2 Å². The molecular weight excluding hydrogens is 383 g/mol. The number of carbonyl (C=O) groups is 1. The third-order valence-electron chi connectivity index (χ3n) is 4.37. The standard InChI is InChI=1S/C21H18Cl2N2O2/c1-13-5-7-16(10-14(13)2)24-20(26)17-4-3-9-25(21(17)27)12-15-6-8-18(22)19(23)11-15/h3-11H,12H2,1-2H3,(H,24,26). The Morgan fingerprint density at radius 2 is 1.78 bits per heavy atom. The minimum atomic E-state index is -0.438. The molecule has 0 aliphatic carbocycles. The fraction of sp³-hybridized carbons (Fsp3) is 0.143. The summed E-state index contributed by atoms with van der Waals surface area (Å²) >= 11 is 12.0. The number of hydrogen-bond donors (Lipinski definition) is 1. The zero-order valence-corrected chi connectivity index (χ0v) is 16.4. The van der Waals surface area contributed by atoms with E-state index in [1.54, 1.807) is 30.5 Å². The first-order valence-corrected chi connectivity index (χ1v) is 9.13. The van der Waals surface area contributed by atoms with Crippen LogP contribution in [-0.4, -0.2) is 10.5 Å². The number of benzene rings is 2. The van der Waals surface area contributed by atoms with E-state index in [1.165, 1.54) is 10.6 Å². The molecule has 1 amide bonds. The van der Waals surface area contributed by atoms with Gasteiger partial charge in [-0.15, -0.1) is 0 Å². The Morgan fingerprint density at radius 3 is 2.48 bits per heavy atom. The molecule has 0 unspecified atom stereocenters. The van der Waals surface area contributed by atoms with Gasteiger partial charge in [-0.25, -0.2) is 0 Å². The molecule has 0 radical (unpaired) electrons. The van der Waals surface area contributed by atoms with Gasteiger partial charge in [0.05, 0.1) is 16.6 Å². The molecule has 0 fully saturated rings. The lowest BCUT2D eigenvalue weighted by Gasteiger charge is -2.10. The Kier molecular flexibility index (Phi) is 5.68. The van der Waals surface area contributed by atoms with Gasteiger partial charge in [-0.3, -0.25) is 9.59 Å². The minimum absolute atomic E-state index is 0.0794. The molecule has 0 atom stereocenters. The van der Waals surface area contributed by atoms with Gasteiger partial charge in [-0.2, -0.15) is 0 Å². The van der Waals surface area contributed by atoms with Gasteiger partial charge in [0.2, 0.25) is 0 Å². The maximum atomic E-state index is 12.7. The largest absolute Gasteiger partial charge is 0.322 e. The first kappa shape index (κ1) is 19.2. The molecule has 0 aliphatic heterocycles. The number of pyridine rings is 1. The predicted molar refractivity (Wildman–Crippen MR) is 110 cm³/mol. The quantitative estimate of drug-likeness (QED) is 0.664. The second kappa shape index (κ2) is 7.99. The highest BCUT2D eigenvalue weighted by atomic mass is 35.5. The van der Waals surface area contributed by atoms with E-state index in [1.807, 2.05) is 32.0 Å². The highest BCUT2D eigenvalue weighted by Crippen LogP contribution is 2.22. The lowest BCUT2D eigenvalue weighted by molar-refractivity contribution is 0.102. The van der Waals surface area contributed by atoms with Crippen LogP contribution in [0, 0.1) is 13.8 Å². The van der Waals surface area contributed by atoms with Gasteiger partial charge in [0.15, 0.2) is 0 Å². The van der Waals surface area contributed by atoms with Crippen LogP contribution in [0.15, 0.2) is 59.5 Å². The molecular formula is C21H18Cl2N2O2. The van der Waals surface area contributed by atoms with E-state index in [9.17, 15) is 9.59 Å². The smallest absolute Gasteiger partial charge is 0.263 e. The zero-order valence-electron chi connectivity index (χ0n) is 14.9. The maximum Gasteiger partial charge on any atom is 0.263 e. The summed E-state index contributed by atoms with van der Waals surface area (Å²) in [7, 11) is 0. The van der Waals surface area contributed by atoms with Crippen molar-refractivity contribution in [1.29, 1.82) is 0 Å². The molecule has 0 bridgehead atoms. The number of anilines is 1. The molecule has 0 saturated carbocycles. The van der Waals surface area contributed by atoms with Crippen LogP contribution in [0.1, 0.15) is 27.0 Å². The third-order valence-corrected chi connectivity index (χ3v) is 5.11. The minimum Gasteiger partial charge on any atom is -0.322 e. The highest BCUT2D eigenvalue weighted by molar-refractivity contribution is 6.42. The zero-order chi connectivity index (χ0) is 19.6. The topological polar surface area (TPSA) is 51.1 Å². The highest BCUT2D eigenvalue weighted by Gasteiger charge is 2.13. The van der Waals surface area contributed by atoms with Crippen molar-refractivity contribution in [3.8, 4) is 0 Å². The number of hydrogen-bond acceptors (Lipinski definition) is 2. The van der Waals surface area contributed by atoms with Gasteiger partial charge in [-0.1, -0.05) is 35.3 Å². The number of aryl methyl sites for hydroxylation is 2. The summed E-state index contributed by atoms with van der Waals surface area (Å²) < 4.78 is 1.47. The number of carbonyl (C=O) groups excluding carboxylic acids is 1. The van der Waals surface area contributed by atoms with E-state index >= 15 is 0 Å². The molecule has 0 spiro atoms. The summed E-state index contributed by atoms with van der Waals surface area (Å²) in [5.41, 5.74) is 3.39. The number of nitrogens with one attached hydrogen (secondary N) is 1. The van der Waals surface area contributed by atoms with Crippen LogP contribution in [-0.2, 0) is 6.54 Å². The molecule has 0 aliphatic rings. The van der Waals surface area contributed by atoms with Gasteiger partial charge in [0, 0.05) is 11.9 Å². The average molecular weight is 401 g/mol. The Bertz CT molecular complexity index is 1070. The molecule has 27 heavy (non-hydrogen) atoms. The van der Waals surface area contributed by atoms with Gasteiger partial charge < -0.3 is 9.88 Å². The van der Waals surface area contributed by atoms with Gasteiger partial charge in [-0.05, 0) is 66.9 Å². The Balaban J connectivity index is 1.85. The number of halogens is 2. The maximum absolute atomic E-state index is 12.7. The van der Waals surface area contributed by atoms with Crippen LogP contribution in [0.5, 0.6) is 0 Å². The molecule has 6 heteroatoms. The lowest BCUT2D eigenvalue weighted by Crippen LogP contribution is -2.29. The fourth-order valence-corrected chi connectivity index (χ4v) is 3.01. The summed E-state index contributed by atoms with van der Waals surface area (Å²) in [5.74, 6) is -0.438. The van der Waals surface area contributed by atoms with Crippen LogP contribution in [0.3, 0.4) is 0 Å². The van der Waals surface area contributed by atoms with E-state index in [2.05, 4.69) is 5.32 Å². The van der Waals surface area contributed by atoms with Crippen LogP contribution in [0.4, 0.5) is 5.69 Å². The fourth-order valence-electron chi connectivity index (χ4n) is 2.69. The number of aromatic nitrogens is 1. The Morgan fingerprint density at radius 1 is 1.00 bits per heavy atom. The number of nitrogens with zero attached hydrogens (tertiary/aromatic N) is 1. The van der Waals surface area contributed by atoms with Crippen molar-refractivity contribution in [1.82, 2.24) is 4.57 Å². The first-order chi connectivity index (χ1) is 12.8. The van der Waals surface area contributed by atoms with Crippen molar-refractivity contribution in [2.45, 2.75) is 20.4 Å². The van der Waals surface area contributed by atoms with Gasteiger partial charge in [0.1, 0.15) is 5.56 Å². The summed E-state index contributed by atoms with van der Waals surface area (Å²) in [6.07, 6.45) is 1.64. The molecule has 138 valence electrons.